The number of aromatic nitrogens is 1. The largest absolute Gasteiger partial charge is 0.396 e. The van der Waals surface area contributed by atoms with Crippen LogP contribution in [0.1, 0.15) is 16.7 Å². The lowest BCUT2D eigenvalue weighted by Crippen LogP contribution is -2.01. The number of anilines is 1. The first-order chi connectivity index (χ1) is 8.58. The van der Waals surface area contributed by atoms with Crippen molar-refractivity contribution in [2.45, 2.75) is 24.5 Å². The van der Waals surface area contributed by atoms with Gasteiger partial charge in [-0.25, -0.2) is 0 Å². The van der Waals surface area contributed by atoms with Gasteiger partial charge in [0, 0.05) is 6.20 Å². The van der Waals surface area contributed by atoms with Crippen molar-refractivity contribution in [2.24, 2.45) is 0 Å². The van der Waals surface area contributed by atoms with Crippen molar-refractivity contribution in [2.75, 3.05) is 5.73 Å². The fourth-order valence-corrected chi connectivity index (χ4v) is 2.89. The molecule has 0 aliphatic carbocycles. The highest BCUT2D eigenvalue weighted by molar-refractivity contribution is 7.84. The summed E-state index contributed by atoms with van der Waals surface area (Å²) in [6.07, 6.45) is 3.15. The molecule has 2 N–H and O–H groups in total. The van der Waals surface area contributed by atoms with Gasteiger partial charge in [0.25, 0.3) is 0 Å². The number of aryl methyl sites for hydroxylation is 2. The second kappa shape index (κ2) is 5.31. The third-order valence-electron chi connectivity index (χ3n) is 2.92. The molecular weight excluding hydrogens is 244 g/mol. The van der Waals surface area contributed by atoms with E-state index >= 15 is 0 Å². The van der Waals surface area contributed by atoms with Gasteiger partial charge in [-0.3, -0.25) is 9.19 Å². The minimum absolute atomic E-state index is 0.481. The van der Waals surface area contributed by atoms with E-state index in [0.29, 0.717) is 16.3 Å². The molecule has 0 aliphatic rings. The summed E-state index contributed by atoms with van der Waals surface area (Å²) in [5.41, 5.74) is 9.78. The van der Waals surface area contributed by atoms with E-state index in [1.165, 1.54) is 17.3 Å². The topological polar surface area (TPSA) is 56.0 Å². The van der Waals surface area contributed by atoms with E-state index in [9.17, 15) is 4.21 Å². The van der Waals surface area contributed by atoms with E-state index in [1.807, 2.05) is 6.07 Å². The zero-order valence-electron chi connectivity index (χ0n) is 10.5. The second-order valence-corrected chi connectivity index (χ2v) is 5.74. The second-order valence-electron chi connectivity index (χ2n) is 4.32. The molecule has 4 heteroatoms. The van der Waals surface area contributed by atoms with Gasteiger partial charge in [0.05, 0.1) is 33.3 Å². The van der Waals surface area contributed by atoms with E-state index in [2.05, 4.69) is 31.0 Å². The lowest BCUT2D eigenvalue weighted by molar-refractivity contribution is 0.683. The summed E-state index contributed by atoms with van der Waals surface area (Å²) < 4.78 is 12.2. The maximum atomic E-state index is 12.2. The van der Waals surface area contributed by atoms with Crippen LogP contribution in [0.5, 0.6) is 0 Å². The molecular formula is C14H16N2OS. The molecule has 18 heavy (non-hydrogen) atoms. The maximum absolute atomic E-state index is 12.2. The van der Waals surface area contributed by atoms with Gasteiger partial charge in [0.15, 0.2) is 0 Å². The molecule has 0 bridgehead atoms. The summed E-state index contributed by atoms with van der Waals surface area (Å²) in [6.45, 7) is 4.12. The van der Waals surface area contributed by atoms with Crippen molar-refractivity contribution in [3.63, 3.8) is 0 Å². The minimum atomic E-state index is -1.13. The van der Waals surface area contributed by atoms with Gasteiger partial charge in [-0.05, 0) is 36.6 Å². The Morgan fingerprint density at radius 1 is 1.22 bits per heavy atom. The van der Waals surface area contributed by atoms with E-state index in [4.69, 9.17) is 5.73 Å². The van der Waals surface area contributed by atoms with Crippen LogP contribution >= 0.6 is 0 Å². The summed E-state index contributed by atoms with van der Waals surface area (Å²) in [6, 6.07) is 7.85. The predicted molar refractivity (Wildman–Crippen MR) is 74.7 cm³/mol. The van der Waals surface area contributed by atoms with E-state index < -0.39 is 10.8 Å². The van der Waals surface area contributed by atoms with E-state index in [1.54, 1.807) is 12.3 Å². The average molecular weight is 260 g/mol. The van der Waals surface area contributed by atoms with Crippen LogP contribution in [0.3, 0.4) is 0 Å². The molecule has 1 aromatic carbocycles. The number of rotatable bonds is 3. The van der Waals surface area contributed by atoms with Crippen LogP contribution in [0.25, 0.3) is 0 Å². The van der Waals surface area contributed by atoms with Gasteiger partial charge < -0.3 is 5.73 Å². The molecule has 3 nitrogen and oxygen atoms in total. The van der Waals surface area contributed by atoms with Crippen LogP contribution in [-0.4, -0.2) is 9.19 Å². The van der Waals surface area contributed by atoms with Crippen LogP contribution < -0.4 is 5.73 Å². The molecule has 2 aromatic rings. The number of pyridine rings is 1. The quantitative estimate of drug-likeness (QED) is 0.922. The van der Waals surface area contributed by atoms with Crippen molar-refractivity contribution in [3.8, 4) is 0 Å². The highest BCUT2D eigenvalue weighted by Gasteiger charge is 2.09. The molecule has 94 valence electrons. The molecule has 0 fully saturated rings. The van der Waals surface area contributed by atoms with E-state index in [-0.39, 0.29) is 0 Å². The number of hydrogen-bond acceptors (Lipinski definition) is 3. The monoisotopic (exact) mass is 260 g/mol. The third-order valence-corrected chi connectivity index (χ3v) is 4.38. The summed E-state index contributed by atoms with van der Waals surface area (Å²) in [5, 5.41) is 0. The smallest absolute Gasteiger partial charge is 0.0664 e. The lowest BCUT2D eigenvalue weighted by atomic mass is 10.1. The Kier molecular flexibility index (Phi) is 3.77. The molecule has 1 atom stereocenters. The molecule has 2 rings (SSSR count). The number of nitrogen functional groups attached to an aromatic ring is 1. The summed E-state index contributed by atoms with van der Waals surface area (Å²) >= 11 is 0. The normalized spacial score (nSPS) is 12.3. The first kappa shape index (κ1) is 12.8. The minimum Gasteiger partial charge on any atom is -0.396 e. The summed E-state index contributed by atoms with van der Waals surface area (Å²) in [7, 11) is -1.13. The van der Waals surface area contributed by atoms with Crippen LogP contribution in [0.4, 0.5) is 5.69 Å². The van der Waals surface area contributed by atoms with Gasteiger partial charge in [-0.1, -0.05) is 18.2 Å². The Morgan fingerprint density at radius 3 is 2.67 bits per heavy atom. The zero-order chi connectivity index (χ0) is 13.1. The van der Waals surface area contributed by atoms with Crippen LogP contribution in [0, 0.1) is 13.8 Å². The molecule has 1 unspecified atom stereocenters. The number of nitrogens with two attached hydrogens (primary N) is 1. The molecule has 1 aromatic heterocycles. The predicted octanol–water partition coefficient (Wildman–Crippen LogP) is 2.59. The highest BCUT2D eigenvalue weighted by atomic mass is 32.2. The molecule has 0 amide bonds. The van der Waals surface area contributed by atoms with Gasteiger partial charge in [0.1, 0.15) is 0 Å². The first-order valence-electron chi connectivity index (χ1n) is 5.72. The standard InChI is InChI=1S/C14H16N2OS/c1-10-3-4-12(7-11(10)2)9-18(17)14-5-6-16-8-13(14)15/h3-8H,9,15H2,1-2H3. The Morgan fingerprint density at radius 2 is 2.00 bits per heavy atom. The van der Waals surface area contributed by atoms with Crippen LogP contribution in [0.15, 0.2) is 41.6 Å². The van der Waals surface area contributed by atoms with Crippen LogP contribution in [0.2, 0.25) is 0 Å². The number of benzene rings is 1. The molecule has 0 saturated heterocycles. The van der Waals surface area contributed by atoms with Crippen molar-refractivity contribution in [1.29, 1.82) is 0 Å². The fourth-order valence-electron chi connectivity index (χ4n) is 1.72. The van der Waals surface area contributed by atoms with Crippen molar-refractivity contribution in [1.82, 2.24) is 4.98 Å². The fraction of sp³-hybridized carbons (Fsp3) is 0.214. The van der Waals surface area contributed by atoms with Crippen molar-refractivity contribution in [3.05, 3.63) is 53.3 Å². The number of hydrogen-bond donors (Lipinski definition) is 1. The molecule has 0 spiro atoms. The lowest BCUT2D eigenvalue weighted by Gasteiger charge is -2.07. The van der Waals surface area contributed by atoms with Gasteiger partial charge >= 0.3 is 0 Å². The Bertz CT molecular complexity index is 596. The van der Waals surface area contributed by atoms with E-state index in [0.717, 1.165) is 5.56 Å². The maximum Gasteiger partial charge on any atom is 0.0664 e. The molecule has 1 heterocycles. The molecule has 0 saturated carbocycles. The Hall–Kier alpha value is -1.68. The number of nitrogens with zero attached hydrogens (tertiary/aromatic N) is 1. The van der Waals surface area contributed by atoms with Gasteiger partial charge in [-0.15, -0.1) is 0 Å². The average Bonchev–Trinajstić information content (AvgIpc) is 2.34. The molecule has 0 radical (unpaired) electrons. The third kappa shape index (κ3) is 2.76. The first-order valence-corrected chi connectivity index (χ1v) is 7.04. The zero-order valence-corrected chi connectivity index (χ0v) is 11.3. The molecule has 0 aliphatic heterocycles. The van der Waals surface area contributed by atoms with Crippen molar-refractivity contribution < 1.29 is 4.21 Å². The summed E-state index contributed by atoms with van der Waals surface area (Å²) in [5.74, 6) is 0.481. The van der Waals surface area contributed by atoms with Crippen LogP contribution in [-0.2, 0) is 16.6 Å². The van der Waals surface area contributed by atoms with Crippen molar-refractivity contribution >= 4 is 16.5 Å². The summed E-state index contributed by atoms with van der Waals surface area (Å²) in [4.78, 5) is 4.56. The van der Waals surface area contributed by atoms with Gasteiger partial charge in [-0.2, -0.15) is 0 Å². The highest BCUT2D eigenvalue weighted by Crippen LogP contribution is 2.19. The van der Waals surface area contributed by atoms with Gasteiger partial charge in [0.2, 0.25) is 0 Å². The Labute approximate surface area is 110 Å². The SMILES string of the molecule is Cc1ccc(CS(=O)c2ccncc2N)cc1C. The Balaban J connectivity index is 2.22.